The van der Waals surface area contributed by atoms with Gasteiger partial charge in [-0.3, -0.25) is 4.79 Å². The van der Waals surface area contributed by atoms with Crippen LogP contribution in [0.5, 0.6) is 11.8 Å². The van der Waals surface area contributed by atoms with Gasteiger partial charge >= 0.3 is 6.01 Å². The third-order valence-corrected chi connectivity index (χ3v) is 2.53. The molecule has 4 nitrogen and oxygen atoms in total. The lowest BCUT2D eigenvalue weighted by Gasteiger charge is -2.03. The molecule has 0 spiro atoms. The Balaban J connectivity index is 2.19. The average molecular weight is 297 g/mol. The van der Waals surface area contributed by atoms with Gasteiger partial charge in [-0.1, -0.05) is 0 Å². The molecule has 6 heteroatoms. The van der Waals surface area contributed by atoms with Crippen molar-refractivity contribution in [1.82, 2.24) is 9.97 Å². The summed E-state index contributed by atoms with van der Waals surface area (Å²) < 4.78 is 18.8. The number of aromatic nitrogens is 2. The fraction of sp³-hybridized carbons (Fsp3) is 0. The van der Waals surface area contributed by atoms with Gasteiger partial charge < -0.3 is 4.74 Å². The smallest absolute Gasteiger partial charge is 0.321 e. The molecule has 0 atom stereocenters. The largest absolute Gasteiger partial charge is 0.424 e. The van der Waals surface area contributed by atoms with Crippen LogP contribution in [0.15, 0.2) is 35.1 Å². The minimum Gasteiger partial charge on any atom is -0.424 e. The fourth-order valence-corrected chi connectivity index (χ4v) is 1.33. The summed E-state index contributed by atoms with van der Waals surface area (Å²) in [6, 6.07) is 4.35. The second-order valence-corrected chi connectivity index (χ2v) is 3.95. The van der Waals surface area contributed by atoms with Crippen LogP contribution in [0.3, 0.4) is 0 Å². The van der Waals surface area contributed by atoms with Gasteiger partial charge in [0.25, 0.3) is 0 Å². The molecular weight excluding hydrogens is 291 g/mol. The average Bonchev–Trinajstić information content (AvgIpc) is 2.35. The van der Waals surface area contributed by atoms with E-state index in [1.807, 2.05) is 0 Å². The zero-order chi connectivity index (χ0) is 12.3. The molecule has 86 valence electrons. The number of hydrogen-bond donors (Lipinski definition) is 0. The highest BCUT2D eigenvalue weighted by atomic mass is 79.9. The molecule has 0 aliphatic carbocycles. The Kier molecular flexibility index (Phi) is 3.43. The van der Waals surface area contributed by atoms with E-state index in [1.54, 1.807) is 6.07 Å². The molecule has 2 rings (SSSR count). The van der Waals surface area contributed by atoms with Crippen LogP contribution < -0.4 is 4.74 Å². The molecule has 17 heavy (non-hydrogen) atoms. The van der Waals surface area contributed by atoms with E-state index < -0.39 is 5.82 Å². The van der Waals surface area contributed by atoms with Gasteiger partial charge in [0.1, 0.15) is 11.6 Å². The zero-order valence-electron chi connectivity index (χ0n) is 8.43. The lowest BCUT2D eigenvalue weighted by atomic mass is 10.3. The van der Waals surface area contributed by atoms with Crippen LogP contribution in [-0.2, 0) is 0 Å². The highest BCUT2D eigenvalue weighted by molar-refractivity contribution is 9.10. The summed E-state index contributed by atoms with van der Waals surface area (Å²) in [6.45, 7) is 0. The Labute approximate surface area is 105 Å². The summed E-state index contributed by atoms with van der Waals surface area (Å²) in [5.41, 5.74) is 0.347. The van der Waals surface area contributed by atoms with Crippen molar-refractivity contribution in [2.24, 2.45) is 0 Å². The summed E-state index contributed by atoms with van der Waals surface area (Å²) in [6.07, 6.45) is 3.28. The van der Waals surface area contributed by atoms with E-state index in [-0.39, 0.29) is 11.8 Å². The van der Waals surface area contributed by atoms with Gasteiger partial charge in [0.15, 0.2) is 6.29 Å². The van der Waals surface area contributed by atoms with Gasteiger partial charge in [-0.15, -0.1) is 0 Å². The number of ether oxygens (including phenoxy) is 1. The standard InChI is InChI=1S/C11H6BrFN2O2/c12-9-2-1-8(3-10(9)13)17-11-14-4-7(6-16)5-15-11/h1-6H. The van der Waals surface area contributed by atoms with E-state index in [1.165, 1.54) is 24.5 Å². The number of aldehydes is 1. The number of rotatable bonds is 3. The summed E-state index contributed by atoms with van der Waals surface area (Å²) in [5, 5.41) is 0. The van der Waals surface area contributed by atoms with Crippen LogP contribution in [0.25, 0.3) is 0 Å². The maximum absolute atomic E-state index is 13.2. The Hall–Kier alpha value is -1.82. The molecule has 0 aliphatic heterocycles. The Bertz CT molecular complexity index is 546. The molecule has 0 saturated carbocycles. The van der Waals surface area contributed by atoms with Crippen LogP contribution >= 0.6 is 15.9 Å². The van der Waals surface area contributed by atoms with Gasteiger partial charge in [0.05, 0.1) is 10.0 Å². The lowest BCUT2D eigenvalue weighted by Crippen LogP contribution is -1.93. The van der Waals surface area contributed by atoms with Gasteiger partial charge in [-0.25, -0.2) is 14.4 Å². The van der Waals surface area contributed by atoms with Gasteiger partial charge in [-0.05, 0) is 28.1 Å². The molecular formula is C11H6BrFN2O2. The molecule has 0 N–H and O–H groups in total. The van der Waals surface area contributed by atoms with Crippen molar-refractivity contribution in [1.29, 1.82) is 0 Å². The van der Waals surface area contributed by atoms with Gasteiger partial charge in [-0.2, -0.15) is 0 Å². The molecule has 1 heterocycles. The van der Waals surface area contributed by atoms with Crippen LogP contribution in [0.2, 0.25) is 0 Å². The minimum atomic E-state index is -0.438. The van der Waals surface area contributed by atoms with Crippen LogP contribution in [0.1, 0.15) is 10.4 Å². The van der Waals surface area contributed by atoms with Crippen molar-refractivity contribution >= 4 is 22.2 Å². The predicted octanol–water partition coefficient (Wildman–Crippen LogP) is 2.98. The zero-order valence-corrected chi connectivity index (χ0v) is 10.0. The number of carbonyl (C=O) groups is 1. The van der Waals surface area contributed by atoms with Crippen LogP contribution in [-0.4, -0.2) is 16.3 Å². The normalized spacial score (nSPS) is 10.0. The number of nitrogens with zero attached hydrogens (tertiary/aromatic N) is 2. The van der Waals surface area contributed by atoms with Crippen molar-refractivity contribution in [2.45, 2.75) is 0 Å². The third-order valence-electron chi connectivity index (χ3n) is 1.88. The summed E-state index contributed by atoms with van der Waals surface area (Å²) in [7, 11) is 0. The predicted molar refractivity (Wildman–Crippen MR) is 61.6 cm³/mol. The topological polar surface area (TPSA) is 52.1 Å². The molecule has 0 fully saturated rings. The van der Waals surface area contributed by atoms with E-state index in [0.29, 0.717) is 16.3 Å². The number of hydrogen-bond acceptors (Lipinski definition) is 4. The number of halogens is 2. The van der Waals surface area contributed by atoms with Gasteiger partial charge in [0, 0.05) is 18.5 Å². The molecule has 2 aromatic rings. The summed E-state index contributed by atoms with van der Waals surface area (Å²) in [4.78, 5) is 18.0. The van der Waals surface area contributed by atoms with Crippen molar-refractivity contribution in [3.8, 4) is 11.8 Å². The van der Waals surface area contributed by atoms with E-state index in [4.69, 9.17) is 4.74 Å². The quantitative estimate of drug-likeness (QED) is 0.817. The first-order chi connectivity index (χ1) is 8.19. The maximum Gasteiger partial charge on any atom is 0.321 e. The highest BCUT2D eigenvalue weighted by Crippen LogP contribution is 2.23. The number of carbonyl (C=O) groups excluding carboxylic acids is 1. The van der Waals surface area contributed by atoms with E-state index in [2.05, 4.69) is 25.9 Å². The van der Waals surface area contributed by atoms with E-state index in [0.717, 1.165) is 0 Å². The van der Waals surface area contributed by atoms with Crippen LogP contribution in [0, 0.1) is 5.82 Å². The molecule has 1 aromatic heterocycles. The molecule has 0 unspecified atom stereocenters. The third kappa shape index (κ3) is 2.85. The lowest BCUT2D eigenvalue weighted by molar-refractivity contribution is 0.112. The monoisotopic (exact) mass is 296 g/mol. The van der Waals surface area contributed by atoms with Crippen molar-refractivity contribution in [3.63, 3.8) is 0 Å². The fourth-order valence-electron chi connectivity index (χ4n) is 1.09. The molecule has 0 radical (unpaired) electrons. The molecule has 0 saturated heterocycles. The Morgan fingerprint density at radius 2 is 2.00 bits per heavy atom. The summed E-state index contributed by atoms with van der Waals surface area (Å²) >= 11 is 3.03. The van der Waals surface area contributed by atoms with Crippen molar-refractivity contribution < 1.29 is 13.9 Å². The van der Waals surface area contributed by atoms with Crippen molar-refractivity contribution in [2.75, 3.05) is 0 Å². The molecule has 0 bridgehead atoms. The highest BCUT2D eigenvalue weighted by Gasteiger charge is 2.04. The Morgan fingerprint density at radius 3 is 2.59 bits per heavy atom. The SMILES string of the molecule is O=Cc1cnc(Oc2ccc(Br)c(F)c2)nc1. The molecule has 1 aromatic carbocycles. The van der Waals surface area contributed by atoms with E-state index in [9.17, 15) is 9.18 Å². The number of benzene rings is 1. The second-order valence-electron chi connectivity index (χ2n) is 3.09. The minimum absolute atomic E-state index is 0.0531. The first-order valence-corrected chi connectivity index (χ1v) is 5.38. The second kappa shape index (κ2) is 5.01. The summed E-state index contributed by atoms with van der Waals surface area (Å²) in [5.74, 6) is -0.156. The first kappa shape index (κ1) is 11.7. The van der Waals surface area contributed by atoms with Crippen LogP contribution in [0.4, 0.5) is 4.39 Å². The first-order valence-electron chi connectivity index (χ1n) is 4.59. The van der Waals surface area contributed by atoms with E-state index >= 15 is 0 Å². The van der Waals surface area contributed by atoms with Crippen molar-refractivity contribution in [3.05, 3.63) is 46.4 Å². The molecule has 0 amide bonds. The maximum atomic E-state index is 13.2. The molecule has 0 aliphatic rings. The Morgan fingerprint density at radius 1 is 1.29 bits per heavy atom. The van der Waals surface area contributed by atoms with Gasteiger partial charge in [0.2, 0.25) is 0 Å².